The van der Waals surface area contributed by atoms with Gasteiger partial charge < -0.3 is 15.2 Å². The minimum absolute atomic E-state index is 0.00932. The lowest BCUT2D eigenvalue weighted by Crippen LogP contribution is -2.26. The molecule has 0 bridgehead atoms. The van der Waals surface area contributed by atoms with Gasteiger partial charge in [-0.2, -0.15) is 0 Å². The molecule has 8 nitrogen and oxygen atoms in total. The van der Waals surface area contributed by atoms with Crippen molar-refractivity contribution < 1.29 is 24.4 Å². The number of phenolic OH excluding ortho intramolecular Hbond substituents is 1. The molecule has 1 atom stereocenters. The Morgan fingerprint density at radius 2 is 1.77 bits per heavy atom. The minimum atomic E-state index is -1.36. The van der Waals surface area contributed by atoms with Crippen molar-refractivity contribution in [3.05, 3.63) is 99.6 Å². The van der Waals surface area contributed by atoms with E-state index in [9.17, 15) is 24.8 Å². The maximum atomic E-state index is 12.9. The van der Waals surface area contributed by atoms with Crippen LogP contribution in [-0.4, -0.2) is 21.9 Å². The van der Waals surface area contributed by atoms with Crippen molar-refractivity contribution >= 4 is 23.3 Å². The Morgan fingerprint density at radius 1 is 1.03 bits per heavy atom. The van der Waals surface area contributed by atoms with Crippen LogP contribution in [0.5, 0.6) is 5.75 Å². The van der Waals surface area contributed by atoms with Gasteiger partial charge in [0.15, 0.2) is 0 Å². The van der Waals surface area contributed by atoms with Crippen molar-refractivity contribution in [3.8, 4) is 5.75 Å². The number of hydrogen-bond donors (Lipinski definition) is 2. The number of aryl methyl sites for hydroxylation is 1. The number of benzene rings is 3. The van der Waals surface area contributed by atoms with E-state index in [0.29, 0.717) is 11.1 Å². The highest BCUT2D eigenvalue weighted by molar-refractivity contribution is 5.99. The molecule has 3 rings (SSSR count). The van der Waals surface area contributed by atoms with Crippen molar-refractivity contribution in [3.63, 3.8) is 0 Å². The van der Waals surface area contributed by atoms with Gasteiger partial charge in [0.25, 0.3) is 11.6 Å². The van der Waals surface area contributed by atoms with Gasteiger partial charge in [-0.05, 0) is 36.8 Å². The van der Waals surface area contributed by atoms with Gasteiger partial charge in [-0.15, -0.1) is 0 Å². The highest BCUT2D eigenvalue weighted by Gasteiger charge is 2.28. The predicted molar refractivity (Wildman–Crippen MR) is 109 cm³/mol. The molecule has 0 fully saturated rings. The van der Waals surface area contributed by atoms with Crippen LogP contribution >= 0.6 is 0 Å². The van der Waals surface area contributed by atoms with E-state index in [1.54, 1.807) is 43.3 Å². The summed E-state index contributed by atoms with van der Waals surface area (Å²) >= 11 is 0. The fourth-order valence-corrected chi connectivity index (χ4v) is 2.81. The number of phenols is 1. The molecule has 0 spiro atoms. The molecular formula is C22H18N2O6. The Kier molecular flexibility index (Phi) is 6.07. The van der Waals surface area contributed by atoms with Gasteiger partial charge in [0.1, 0.15) is 11.4 Å². The van der Waals surface area contributed by atoms with Gasteiger partial charge in [-0.3, -0.25) is 14.9 Å². The van der Waals surface area contributed by atoms with Crippen LogP contribution in [0.15, 0.2) is 72.8 Å². The molecule has 0 aliphatic carbocycles. The Morgan fingerprint density at radius 3 is 2.43 bits per heavy atom. The maximum absolute atomic E-state index is 12.9. The average molecular weight is 406 g/mol. The van der Waals surface area contributed by atoms with E-state index < -0.39 is 22.9 Å². The molecule has 8 heteroatoms. The first-order valence-corrected chi connectivity index (χ1v) is 8.96. The highest BCUT2D eigenvalue weighted by atomic mass is 16.6. The number of ether oxygens (including phenoxy) is 1. The summed E-state index contributed by atoms with van der Waals surface area (Å²) in [5, 5.41) is 23.4. The monoisotopic (exact) mass is 406 g/mol. The number of nitrogens with zero attached hydrogens (tertiary/aromatic N) is 1. The molecule has 30 heavy (non-hydrogen) atoms. The molecule has 3 aromatic rings. The lowest BCUT2D eigenvalue weighted by atomic mass is 10.1. The van der Waals surface area contributed by atoms with Gasteiger partial charge in [0, 0.05) is 11.6 Å². The van der Waals surface area contributed by atoms with Gasteiger partial charge in [-0.25, -0.2) is 4.79 Å². The van der Waals surface area contributed by atoms with Gasteiger partial charge in [-0.1, -0.05) is 42.5 Å². The van der Waals surface area contributed by atoms with E-state index in [-0.39, 0.29) is 22.7 Å². The van der Waals surface area contributed by atoms with Crippen LogP contribution in [0.3, 0.4) is 0 Å². The molecule has 0 aliphatic rings. The van der Waals surface area contributed by atoms with Crippen LogP contribution in [0.4, 0.5) is 11.4 Å². The van der Waals surface area contributed by atoms with E-state index in [1.807, 2.05) is 0 Å². The largest absolute Gasteiger partial charge is 0.508 e. The molecule has 0 aliphatic heterocycles. The summed E-state index contributed by atoms with van der Waals surface area (Å²) < 4.78 is 5.40. The van der Waals surface area contributed by atoms with Crippen molar-refractivity contribution in [2.45, 2.75) is 13.0 Å². The third-order valence-corrected chi connectivity index (χ3v) is 4.25. The van der Waals surface area contributed by atoms with Crippen LogP contribution in [0.2, 0.25) is 0 Å². The first-order chi connectivity index (χ1) is 14.3. The SMILES string of the molecule is Cc1ccc(NC(=O)[C@@H](OC(=O)c2cccc(O)c2)c2ccccc2)c([N+](=O)[O-])c1. The molecule has 1 amide bonds. The predicted octanol–water partition coefficient (Wildman–Crippen LogP) is 4.15. The smallest absolute Gasteiger partial charge is 0.339 e. The maximum Gasteiger partial charge on any atom is 0.339 e. The third-order valence-electron chi connectivity index (χ3n) is 4.25. The molecule has 0 saturated heterocycles. The summed E-state index contributed by atoms with van der Waals surface area (Å²) in [7, 11) is 0. The number of carbonyl (C=O) groups excluding carboxylic acids is 2. The molecular weight excluding hydrogens is 388 g/mol. The van der Waals surface area contributed by atoms with Crippen LogP contribution in [-0.2, 0) is 9.53 Å². The quantitative estimate of drug-likeness (QED) is 0.361. The summed E-state index contributed by atoms with van der Waals surface area (Å²) in [6.07, 6.45) is -1.36. The molecule has 152 valence electrons. The molecule has 0 saturated carbocycles. The average Bonchev–Trinajstić information content (AvgIpc) is 2.73. The Bertz CT molecular complexity index is 1100. The number of hydrogen-bond acceptors (Lipinski definition) is 6. The van der Waals surface area contributed by atoms with E-state index in [0.717, 1.165) is 0 Å². The number of rotatable bonds is 6. The number of carbonyl (C=O) groups is 2. The number of amides is 1. The minimum Gasteiger partial charge on any atom is -0.508 e. The zero-order valence-corrected chi connectivity index (χ0v) is 15.9. The van der Waals surface area contributed by atoms with Crippen molar-refractivity contribution in [2.24, 2.45) is 0 Å². The lowest BCUT2D eigenvalue weighted by Gasteiger charge is -2.18. The summed E-state index contributed by atoms with van der Waals surface area (Å²) in [6, 6.07) is 18.2. The zero-order chi connectivity index (χ0) is 21.7. The van der Waals surface area contributed by atoms with Crippen molar-refractivity contribution in [1.29, 1.82) is 0 Å². The van der Waals surface area contributed by atoms with Crippen LogP contribution in [0, 0.1) is 17.0 Å². The molecule has 2 N–H and O–H groups in total. The molecule has 0 radical (unpaired) electrons. The summed E-state index contributed by atoms with van der Waals surface area (Å²) in [5.41, 5.74) is 0.831. The summed E-state index contributed by atoms with van der Waals surface area (Å²) in [4.78, 5) is 36.2. The number of esters is 1. The first-order valence-electron chi connectivity index (χ1n) is 8.96. The number of aromatic hydroxyl groups is 1. The Hall–Kier alpha value is -4.20. The van der Waals surface area contributed by atoms with Crippen molar-refractivity contribution in [1.82, 2.24) is 0 Å². The van der Waals surface area contributed by atoms with Gasteiger partial charge in [0.2, 0.25) is 6.10 Å². The molecule has 0 aromatic heterocycles. The topological polar surface area (TPSA) is 119 Å². The van der Waals surface area contributed by atoms with Crippen molar-refractivity contribution in [2.75, 3.05) is 5.32 Å². The number of nitrogens with one attached hydrogen (secondary N) is 1. The molecule has 3 aromatic carbocycles. The molecule has 0 unspecified atom stereocenters. The van der Waals surface area contributed by atoms with E-state index in [2.05, 4.69) is 5.32 Å². The first kappa shape index (κ1) is 20.5. The van der Waals surface area contributed by atoms with E-state index in [1.165, 1.54) is 36.4 Å². The summed E-state index contributed by atoms with van der Waals surface area (Å²) in [5.74, 6) is -1.70. The van der Waals surface area contributed by atoms with Crippen LogP contribution in [0.25, 0.3) is 0 Å². The third kappa shape index (κ3) is 4.79. The number of nitro groups is 1. The second kappa shape index (κ2) is 8.87. The highest BCUT2D eigenvalue weighted by Crippen LogP contribution is 2.28. The second-order valence-electron chi connectivity index (χ2n) is 6.51. The normalized spacial score (nSPS) is 11.4. The Labute approximate surface area is 171 Å². The lowest BCUT2D eigenvalue weighted by molar-refractivity contribution is -0.384. The van der Waals surface area contributed by atoms with E-state index >= 15 is 0 Å². The standard InChI is InChI=1S/C22H18N2O6/c1-14-10-11-18(19(12-14)24(28)29)23-21(26)20(15-6-3-2-4-7-15)30-22(27)16-8-5-9-17(25)13-16/h2-13,20,25H,1H3,(H,23,26)/t20-/m0/s1. The zero-order valence-electron chi connectivity index (χ0n) is 15.9. The van der Waals surface area contributed by atoms with Crippen LogP contribution in [0.1, 0.15) is 27.6 Å². The molecule has 0 heterocycles. The fraction of sp³-hybridized carbons (Fsp3) is 0.0909. The van der Waals surface area contributed by atoms with E-state index in [4.69, 9.17) is 4.74 Å². The number of nitro benzene ring substituents is 1. The number of anilines is 1. The second-order valence-corrected chi connectivity index (χ2v) is 6.51. The van der Waals surface area contributed by atoms with Gasteiger partial charge in [0.05, 0.1) is 10.5 Å². The fourth-order valence-electron chi connectivity index (χ4n) is 2.81. The Balaban J connectivity index is 1.91. The van der Waals surface area contributed by atoms with Crippen LogP contribution < -0.4 is 5.32 Å². The van der Waals surface area contributed by atoms with Gasteiger partial charge >= 0.3 is 5.97 Å². The summed E-state index contributed by atoms with van der Waals surface area (Å²) in [6.45, 7) is 1.70.